The lowest BCUT2D eigenvalue weighted by Gasteiger charge is -2.04. The summed E-state index contributed by atoms with van der Waals surface area (Å²) in [6.45, 7) is 0. The zero-order valence-electron chi connectivity index (χ0n) is 16.8. The van der Waals surface area contributed by atoms with Gasteiger partial charge < -0.3 is 19.4 Å². The Hall–Kier alpha value is -4.24. The maximum Gasteiger partial charge on any atom is 0.251 e. The molecule has 0 saturated carbocycles. The monoisotopic (exact) mass is 444 g/mol. The van der Waals surface area contributed by atoms with Crippen molar-refractivity contribution in [3.8, 4) is 61.3 Å². The lowest BCUT2D eigenvalue weighted by Crippen LogP contribution is -1.87. The van der Waals surface area contributed by atoms with Gasteiger partial charge in [-0.1, -0.05) is 23.5 Å². The molecule has 0 radical (unpaired) electrons. The number of rotatable bonds is 5. The Labute approximate surface area is 186 Å². The fourth-order valence-corrected chi connectivity index (χ4v) is 3.98. The highest BCUT2D eigenvalue weighted by Crippen LogP contribution is 2.35. The van der Waals surface area contributed by atoms with Gasteiger partial charge >= 0.3 is 0 Å². The van der Waals surface area contributed by atoms with Crippen LogP contribution in [0, 0.1) is 0 Å². The fourth-order valence-electron chi connectivity index (χ4n) is 3.12. The van der Waals surface area contributed by atoms with Crippen LogP contribution in [0.2, 0.25) is 0 Å². The molecule has 2 heterocycles. The first kappa shape index (κ1) is 19.7. The largest absolute Gasteiger partial charge is 0.508 e. The van der Waals surface area contributed by atoms with Gasteiger partial charge in [0.05, 0.1) is 12.7 Å². The average Bonchev–Trinajstić information content (AvgIpc) is 3.50. The van der Waals surface area contributed by atoms with Crippen LogP contribution in [0.1, 0.15) is 0 Å². The first-order valence-corrected chi connectivity index (χ1v) is 10.4. The van der Waals surface area contributed by atoms with Crippen LogP contribution >= 0.6 is 11.3 Å². The van der Waals surface area contributed by atoms with Gasteiger partial charge in [0, 0.05) is 22.8 Å². The Kier molecular flexibility index (Phi) is 5.00. The van der Waals surface area contributed by atoms with Crippen molar-refractivity contribution in [1.29, 1.82) is 0 Å². The van der Waals surface area contributed by atoms with Crippen molar-refractivity contribution in [3.05, 3.63) is 66.7 Å². The molecule has 0 atom stereocenters. The van der Waals surface area contributed by atoms with Gasteiger partial charge in [-0.15, -0.1) is 20.4 Å². The topological polar surface area (TPSA) is 114 Å². The summed E-state index contributed by atoms with van der Waals surface area (Å²) in [5.74, 6) is 1.40. The van der Waals surface area contributed by atoms with Gasteiger partial charge in [0.1, 0.15) is 27.3 Å². The number of phenolic OH excluding ortho intramolecular Hbond substituents is 2. The number of benzene rings is 3. The van der Waals surface area contributed by atoms with E-state index < -0.39 is 0 Å². The summed E-state index contributed by atoms with van der Waals surface area (Å²) in [4.78, 5) is 0. The number of nitrogens with zero attached hydrogens (tertiary/aromatic N) is 4. The predicted octanol–water partition coefficient (Wildman–Crippen LogP) is 5.01. The number of aromatic hydroxyl groups is 2. The number of hydrogen-bond acceptors (Lipinski definition) is 9. The minimum Gasteiger partial charge on any atom is -0.508 e. The molecule has 9 heteroatoms. The van der Waals surface area contributed by atoms with Crippen LogP contribution in [0.5, 0.6) is 17.2 Å². The second-order valence-electron chi connectivity index (χ2n) is 6.83. The molecule has 0 aliphatic carbocycles. The summed E-state index contributed by atoms with van der Waals surface area (Å²) < 4.78 is 11.1. The highest BCUT2D eigenvalue weighted by molar-refractivity contribution is 7.17. The van der Waals surface area contributed by atoms with Gasteiger partial charge in [0.2, 0.25) is 5.89 Å². The van der Waals surface area contributed by atoms with Crippen molar-refractivity contribution in [2.45, 2.75) is 0 Å². The zero-order valence-corrected chi connectivity index (χ0v) is 17.6. The van der Waals surface area contributed by atoms with Crippen LogP contribution in [0.15, 0.2) is 71.1 Å². The first-order valence-electron chi connectivity index (χ1n) is 9.55. The number of ether oxygens (including phenoxy) is 1. The van der Waals surface area contributed by atoms with Crippen molar-refractivity contribution in [2.24, 2.45) is 0 Å². The van der Waals surface area contributed by atoms with Gasteiger partial charge in [0.25, 0.3) is 5.89 Å². The Bertz CT molecular complexity index is 1380. The summed E-state index contributed by atoms with van der Waals surface area (Å²) >= 11 is 1.46. The molecule has 0 amide bonds. The summed E-state index contributed by atoms with van der Waals surface area (Å²) in [5.41, 5.74) is 3.16. The number of methoxy groups -OCH3 is 1. The summed E-state index contributed by atoms with van der Waals surface area (Å²) in [6, 6.07) is 19.1. The molecule has 0 unspecified atom stereocenters. The Morgan fingerprint density at radius 1 is 0.688 bits per heavy atom. The van der Waals surface area contributed by atoms with E-state index in [2.05, 4.69) is 20.4 Å². The van der Waals surface area contributed by atoms with E-state index in [9.17, 15) is 10.2 Å². The molecule has 158 valence electrons. The van der Waals surface area contributed by atoms with Crippen molar-refractivity contribution in [3.63, 3.8) is 0 Å². The number of phenols is 2. The lowest BCUT2D eigenvalue weighted by atomic mass is 10.1. The molecule has 2 aromatic heterocycles. The third kappa shape index (κ3) is 3.77. The second-order valence-corrected chi connectivity index (χ2v) is 7.81. The molecule has 8 nitrogen and oxygen atoms in total. The minimum absolute atomic E-state index is 0.0890. The molecule has 0 aliphatic rings. The minimum atomic E-state index is 0.0890. The first-order chi connectivity index (χ1) is 15.6. The maximum atomic E-state index is 9.63. The predicted molar refractivity (Wildman–Crippen MR) is 119 cm³/mol. The molecule has 0 saturated heterocycles. The van der Waals surface area contributed by atoms with Crippen LogP contribution in [-0.2, 0) is 0 Å². The van der Waals surface area contributed by atoms with Crippen LogP contribution in [0.25, 0.3) is 44.1 Å². The van der Waals surface area contributed by atoms with Crippen LogP contribution in [-0.4, -0.2) is 37.7 Å². The molecular weight excluding hydrogens is 428 g/mol. The van der Waals surface area contributed by atoms with E-state index in [0.717, 1.165) is 26.7 Å². The third-order valence-corrected chi connectivity index (χ3v) is 5.78. The molecule has 5 aromatic rings. The fraction of sp³-hybridized carbons (Fsp3) is 0.0435. The van der Waals surface area contributed by atoms with Crippen LogP contribution in [0.3, 0.4) is 0 Å². The molecule has 2 N–H and O–H groups in total. The van der Waals surface area contributed by atoms with E-state index in [4.69, 9.17) is 9.15 Å². The summed E-state index contributed by atoms with van der Waals surface area (Å²) in [6.07, 6.45) is 0. The quantitative estimate of drug-likeness (QED) is 0.389. The van der Waals surface area contributed by atoms with Crippen molar-refractivity contribution in [1.82, 2.24) is 20.4 Å². The number of hydrogen-bond donors (Lipinski definition) is 2. The third-order valence-electron chi connectivity index (χ3n) is 4.76. The van der Waals surface area contributed by atoms with Crippen molar-refractivity contribution < 1.29 is 19.4 Å². The van der Waals surface area contributed by atoms with Crippen molar-refractivity contribution >= 4 is 11.3 Å². The molecule has 3 aromatic carbocycles. The van der Waals surface area contributed by atoms with E-state index >= 15 is 0 Å². The van der Waals surface area contributed by atoms with E-state index in [-0.39, 0.29) is 11.5 Å². The lowest BCUT2D eigenvalue weighted by molar-refractivity contribution is 0.407. The summed E-state index contributed by atoms with van der Waals surface area (Å²) in [7, 11) is 1.51. The Morgan fingerprint density at radius 3 is 1.91 bits per heavy atom. The van der Waals surface area contributed by atoms with E-state index in [1.165, 1.54) is 30.6 Å². The number of aromatic nitrogens is 4. The van der Waals surface area contributed by atoms with Gasteiger partial charge in [-0.3, -0.25) is 0 Å². The van der Waals surface area contributed by atoms with Gasteiger partial charge in [0.15, 0.2) is 0 Å². The molecule has 32 heavy (non-hydrogen) atoms. The Balaban J connectivity index is 1.39. The van der Waals surface area contributed by atoms with E-state index in [1.807, 2.05) is 24.3 Å². The maximum absolute atomic E-state index is 9.63. The zero-order chi connectivity index (χ0) is 22.1. The standard InChI is InChI=1S/C23H16N4O4S/c1-30-19-12-17(29)10-11-18(19)21-25-24-20(31-21)13-2-4-14(5-3-13)22-26-27-23(32-22)15-6-8-16(28)9-7-15/h2-12,28-29H,1H3. The molecular formula is C23H16N4O4S. The summed E-state index contributed by atoms with van der Waals surface area (Å²) in [5, 5.41) is 37.4. The molecule has 0 fully saturated rings. The van der Waals surface area contributed by atoms with Crippen molar-refractivity contribution in [2.75, 3.05) is 7.11 Å². The normalized spacial score (nSPS) is 10.9. The average molecular weight is 444 g/mol. The molecule has 0 aliphatic heterocycles. The van der Waals surface area contributed by atoms with Crippen LogP contribution in [0.4, 0.5) is 0 Å². The Morgan fingerprint density at radius 2 is 1.25 bits per heavy atom. The SMILES string of the molecule is COc1cc(O)ccc1-c1nnc(-c2ccc(-c3nnc(-c4ccc(O)cc4)s3)cc2)o1. The van der Waals surface area contributed by atoms with Gasteiger partial charge in [-0.25, -0.2) is 0 Å². The highest BCUT2D eigenvalue weighted by Gasteiger charge is 2.16. The molecule has 0 bridgehead atoms. The van der Waals surface area contributed by atoms with Gasteiger partial charge in [-0.2, -0.15) is 0 Å². The van der Waals surface area contributed by atoms with E-state index in [1.54, 1.807) is 30.3 Å². The highest BCUT2D eigenvalue weighted by atomic mass is 32.1. The molecule has 0 spiro atoms. The smallest absolute Gasteiger partial charge is 0.251 e. The molecule has 5 rings (SSSR count). The van der Waals surface area contributed by atoms with Crippen LogP contribution < -0.4 is 4.74 Å². The second kappa shape index (κ2) is 8.12. The van der Waals surface area contributed by atoms with E-state index in [0.29, 0.717) is 23.1 Å². The van der Waals surface area contributed by atoms with Gasteiger partial charge in [-0.05, 0) is 48.5 Å².